The van der Waals surface area contributed by atoms with E-state index in [1.807, 2.05) is 30.3 Å². The molecule has 0 saturated carbocycles. The van der Waals surface area contributed by atoms with Gasteiger partial charge in [-0.05, 0) is 55.8 Å². The zero-order chi connectivity index (χ0) is 15.2. The van der Waals surface area contributed by atoms with Gasteiger partial charge in [0, 0.05) is 20.4 Å². The van der Waals surface area contributed by atoms with Gasteiger partial charge in [-0.15, -0.1) is 17.0 Å². The number of nitrogens with one attached hydrogen (secondary N) is 1. The molecule has 2 heterocycles. The van der Waals surface area contributed by atoms with Gasteiger partial charge in [-0.25, -0.2) is 0 Å². The number of carbonyl (C=O) groups is 1. The van der Waals surface area contributed by atoms with Crippen molar-refractivity contribution in [2.45, 2.75) is 28.0 Å². The Morgan fingerprint density at radius 2 is 1.78 bits per heavy atom. The maximum absolute atomic E-state index is 13.4. The van der Waals surface area contributed by atoms with Crippen LogP contribution in [0, 0.1) is 0 Å². The van der Waals surface area contributed by atoms with Crippen molar-refractivity contribution in [2.75, 3.05) is 13.1 Å². The van der Waals surface area contributed by atoms with Gasteiger partial charge >= 0.3 is 0 Å². The van der Waals surface area contributed by atoms with Gasteiger partial charge in [0.25, 0.3) is 0 Å². The van der Waals surface area contributed by atoms with Crippen molar-refractivity contribution in [3.8, 4) is 0 Å². The van der Waals surface area contributed by atoms with E-state index in [1.165, 1.54) is 10.5 Å². The molecule has 1 spiro atoms. The molecule has 2 aromatic carbocycles. The number of halogens is 2. The normalized spacial score (nSPS) is 18.6. The highest BCUT2D eigenvalue weighted by molar-refractivity contribution is 8.93. The van der Waals surface area contributed by atoms with Gasteiger partial charge in [-0.3, -0.25) is 4.79 Å². The van der Waals surface area contributed by atoms with Crippen LogP contribution in [0.3, 0.4) is 0 Å². The van der Waals surface area contributed by atoms with Crippen LogP contribution in [-0.2, 0) is 5.41 Å². The molecule has 0 amide bonds. The van der Waals surface area contributed by atoms with E-state index in [0.717, 1.165) is 36.4 Å². The number of rotatable bonds is 0. The third-order valence-corrected chi connectivity index (χ3v) is 6.09. The third kappa shape index (κ3) is 2.76. The van der Waals surface area contributed by atoms with Crippen LogP contribution >= 0.6 is 40.3 Å². The van der Waals surface area contributed by atoms with Gasteiger partial charge in [-0.2, -0.15) is 0 Å². The minimum Gasteiger partial charge on any atom is -0.317 e. The molecule has 0 radical (unpaired) electrons. The van der Waals surface area contributed by atoms with Crippen LogP contribution in [0.1, 0.15) is 28.8 Å². The lowest BCUT2D eigenvalue weighted by Gasteiger charge is -2.36. The molecule has 0 bridgehead atoms. The van der Waals surface area contributed by atoms with Crippen LogP contribution in [0.25, 0.3) is 0 Å². The Balaban J connectivity index is 0.00000156. The van der Waals surface area contributed by atoms with Crippen molar-refractivity contribution in [1.82, 2.24) is 5.32 Å². The molecule has 23 heavy (non-hydrogen) atoms. The highest BCUT2D eigenvalue weighted by Gasteiger charge is 2.45. The molecule has 1 fully saturated rings. The van der Waals surface area contributed by atoms with E-state index in [0.29, 0.717) is 5.02 Å². The van der Waals surface area contributed by atoms with Crippen LogP contribution in [0.15, 0.2) is 52.3 Å². The summed E-state index contributed by atoms with van der Waals surface area (Å²) >= 11 is 7.84. The molecule has 1 N–H and O–H groups in total. The summed E-state index contributed by atoms with van der Waals surface area (Å²) in [4.78, 5) is 15.6. The number of benzene rings is 2. The molecule has 2 aliphatic heterocycles. The first kappa shape index (κ1) is 17.0. The lowest BCUT2D eigenvalue weighted by Crippen LogP contribution is -2.45. The van der Waals surface area contributed by atoms with Gasteiger partial charge in [0.15, 0.2) is 5.78 Å². The summed E-state index contributed by atoms with van der Waals surface area (Å²) in [5.41, 5.74) is 1.54. The van der Waals surface area contributed by atoms with Gasteiger partial charge in [0.2, 0.25) is 0 Å². The molecule has 2 aliphatic rings. The summed E-state index contributed by atoms with van der Waals surface area (Å²) < 4.78 is 0. The summed E-state index contributed by atoms with van der Waals surface area (Å²) in [6.45, 7) is 1.75. The first-order valence-corrected chi connectivity index (χ1v) is 8.73. The minimum atomic E-state index is -0.412. The van der Waals surface area contributed by atoms with E-state index in [4.69, 9.17) is 11.6 Å². The predicted molar refractivity (Wildman–Crippen MR) is 100 cm³/mol. The summed E-state index contributed by atoms with van der Waals surface area (Å²) in [6, 6.07) is 14.0. The summed E-state index contributed by atoms with van der Waals surface area (Å²) in [7, 11) is 0. The van der Waals surface area contributed by atoms with Crippen LogP contribution < -0.4 is 5.32 Å². The lowest BCUT2D eigenvalue weighted by atomic mass is 9.68. The molecule has 0 aliphatic carbocycles. The first-order valence-electron chi connectivity index (χ1n) is 7.53. The second kappa shape index (κ2) is 6.60. The molecular weight excluding hydrogens is 394 g/mol. The van der Waals surface area contributed by atoms with Crippen molar-refractivity contribution in [2.24, 2.45) is 0 Å². The monoisotopic (exact) mass is 409 g/mol. The van der Waals surface area contributed by atoms with E-state index in [2.05, 4.69) is 17.4 Å². The maximum Gasteiger partial charge on any atom is 0.174 e. The van der Waals surface area contributed by atoms with Gasteiger partial charge in [0.05, 0.1) is 5.41 Å². The van der Waals surface area contributed by atoms with Crippen molar-refractivity contribution in [3.05, 3.63) is 58.6 Å². The molecule has 0 unspecified atom stereocenters. The number of hydrogen-bond acceptors (Lipinski definition) is 3. The summed E-state index contributed by atoms with van der Waals surface area (Å²) in [6.07, 6.45) is 1.69. The number of piperidine rings is 1. The van der Waals surface area contributed by atoms with Crippen molar-refractivity contribution < 1.29 is 4.79 Å². The van der Waals surface area contributed by atoms with E-state index < -0.39 is 5.41 Å². The number of hydrogen-bond donors (Lipinski definition) is 1. The average molecular weight is 411 g/mol. The molecule has 2 nitrogen and oxygen atoms in total. The smallest absolute Gasteiger partial charge is 0.174 e. The fraction of sp³-hybridized carbons (Fsp3) is 0.278. The van der Waals surface area contributed by atoms with Crippen LogP contribution in [0.5, 0.6) is 0 Å². The molecule has 0 atom stereocenters. The Morgan fingerprint density at radius 3 is 2.57 bits per heavy atom. The second-order valence-electron chi connectivity index (χ2n) is 5.90. The quantitative estimate of drug-likeness (QED) is 0.670. The highest BCUT2D eigenvalue weighted by Crippen LogP contribution is 2.48. The summed E-state index contributed by atoms with van der Waals surface area (Å²) in [5, 5.41) is 4.01. The SMILES string of the molecule is Br.O=C1c2cc(Cl)ccc2Sc2ccccc2C12CCNCC2. The molecule has 4 rings (SSSR count). The Morgan fingerprint density at radius 1 is 1.04 bits per heavy atom. The van der Waals surface area contributed by atoms with Gasteiger partial charge in [-0.1, -0.05) is 41.6 Å². The van der Waals surface area contributed by atoms with E-state index in [-0.39, 0.29) is 22.8 Å². The van der Waals surface area contributed by atoms with Crippen molar-refractivity contribution in [1.29, 1.82) is 0 Å². The lowest BCUT2D eigenvalue weighted by molar-refractivity contribution is 0.0842. The summed E-state index contributed by atoms with van der Waals surface area (Å²) in [5.74, 6) is 0.226. The van der Waals surface area contributed by atoms with E-state index >= 15 is 0 Å². The average Bonchev–Trinajstić information content (AvgIpc) is 2.65. The maximum atomic E-state index is 13.4. The molecule has 1 saturated heterocycles. The van der Waals surface area contributed by atoms with E-state index in [1.54, 1.807) is 11.8 Å². The third-order valence-electron chi connectivity index (χ3n) is 4.70. The Kier molecular flexibility index (Phi) is 4.88. The van der Waals surface area contributed by atoms with Crippen LogP contribution in [0.2, 0.25) is 5.02 Å². The second-order valence-corrected chi connectivity index (χ2v) is 7.42. The highest BCUT2D eigenvalue weighted by atomic mass is 79.9. The van der Waals surface area contributed by atoms with Gasteiger partial charge < -0.3 is 5.32 Å². The van der Waals surface area contributed by atoms with Gasteiger partial charge in [0.1, 0.15) is 0 Å². The topological polar surface area (TPSA) is 29.1 Å². The minimum absolute atomic E-state index is 0. The number of ketones is 1. The Hall–Kier alpha value is -0.810. The fourth-order valence-corrected chi connectivity index (χ4v) is 4.89. The molecule has 5 heteroatoms. The molecular formula is C18H17BrClNOS. The van der Waals surface area contributed by atoms with Crippen LogP contribution in [0.4, 0.5) is 0 Å². The largest absolute Gasteiger partial charge is 0.317 e. The zero-order valence-corrected chi connectivity index (χ0v) is 15.8. The van der Waals surface area contributed by atoms with E-state index in [9.17, 15) is 4.79 Å². The first-order chi connectivity index (χ1) is 10.7. The standard InChI is InChI=1S/C18H16ClNOS.BrH/c19-12-5-6-15-13(11-12)17(21)18(7-9-20-10-8-18)14-3-1-2-4-16(14)22-15;/h1-6,11,20H,7-10H2;1H. The van der Waals surface area contributed by atoms with Crippen molar-refractivity contribution >= 4 is 46.1 Å². The number of fused-ring (bicyclic) bond motifs is 3. The predicted octanol–water partition coefficient (Wildman–Crippen LogP) is 4.89. The fourth-order valence-electron chi connectivity index (χ4n) is 3.57. The zero-order valence-electron chi connectivity index (χ0n) is 12.5. The Labute approximate surface area is 155 Å². The van der Waals surface area contributed by atoms with Crippen molar-refractivity contribution in [3.63, 3.8) is 0 Å². The van der Waals surface area contributed by atoms with Crippen LogP contribution in [-0.4, -0.2) is 18.9 Å². The number of carbonyl (C=O) groups excluding carboxylic acids is 1. The molecule has 0 aromatic heterocycles. The molecule has 2 aromatic rings. The molecule has 120 valence electrons. The Bertz CT molecular complexity index is 758. The number of Topliss-reactive ketones (excluding diaryl/α,β-unsaturated/α-hetero) is 1.